The number of thiazole rings is 1. The van der Waals surface area contributed by atoms with Crippen molar-refractivity contribution in [2.75, 3.05) is 37.8 Å². The van der Waals surface area contributed by atoms with Gasteiger partial charge < -0.3 is 46.3 Å². The molecule has 0 unspecified atom stereocenters. The quantitative estimate of drug-likeness (QED) is 0.0566. The van der Waals surface area contributed by atoms with E-state index < -0.39 is 36.1 Å². The fraction of sp³-hybridized carbons (Fsp3) is 0.452. The van der Waals surface area contributed by atoms with Crippen LogP contribution in [0.2, 0.25) is 0 Å². The maximum absolute atomic E-state index is 13.2. The first-order valence-corrected chi connectivity index (χ1v) is 16.6. The summed E-state index contributed by atoms with van der Waals surface area (Å²) in [6.07, 6.45) is -4.50. The van der Waals surface area contributed by atoms with Crippen LogP contribution in [0.15, 0.2) is 29.5 Å². The first-order valence-electron chi connectivity index (χ1n) is 15.8. The van der Waals surface area contributed by atoms with E-state index in [1.54, 1.807) is 47.8 Å². The fourth-order valence-electron chi connectivity index (χ4n) is 4.05. The number of carbonyl (C=O) groups is 5. The van der Waals surface area contributed by atoms with Crippen molar-refractivity contribution >= 4 is 63.5 Å². The van der Waals surface area contributed by atoms with Gasteiger partial charge in [0.2, 0.25) is 0 Å². The molecular weight excluding hydrogens is 770 g/mol. The van der Waals surface area contributed by atoms with E-state index in [1.807, 2.05) is 14.1 Å². The number of aryl methyl sites for hydroxylation is 3. The number of nitrogens with two attached hydrogens (primary N) is 2. The van der Waals surface area contributed by atoms with E-state index in [0.29, 0.717) is 52.5 Å². The lowest BCUT2D eigenvalue weighted by Gasteiger charge is -2.10. The molecule has 0 saturated heterocycles. The van der Waals surface area contributed by atoms with Crippen molar-refractivity contribution in [3.63, 3.8) is 0 Å². The van der Waals surface area contributed by atoms with E-state index in [1.165, 1.54) is 11.3 Å². The van der Waals surface area contributed by atoms with E-state index in [2.05, 4.69) is 44.7 Å². The fourth-order valence-corrected chi connectivity index (χ4v) is 5.02. The van der Waals surface area contributed by atoms with Crippen molar-refractivity contribution in [2.24, 2.45) is 36.5 Å². The Balaban J connectivity index is 0.000000913. The van der Waals surface area contributed by atoms with E-state index in [0.717, 1.165) is 24.3 Å². The molecule has 0 saturated carbocycles. The molecule has 0 fully saturated rings. The van der Waals surface area contributed by atoms with Gasteiger partial charge in [-0.25, -0.2) is 19.6 Å². The molecule has 0 aliphatic rings. The Bertz CT molecular complexity index is 1800. The molecule has 55 heavy (non-hydrogen) atoms. The average Bonchev–Trinajstić information content (AvgIpc) is 3.73. The number of nitrogens with zero attached hydrogens (tertiary/aromatic N) is 5. The highest BCUT2D eigenvalue weighted by Gasteiger charge is 2.39. The SMILES string of the molecule is CC(C)CCc1sc(NC(=O)c2cc(NC(=O)c3cc(N=C(N)N)cn3C)cn2C)nc1C(=O)NCCCN(C)C.O=C(O)C(F)(F)F.O=C(O)C(F)(F)F. The van der Waals surface area contributed by atoms with Crippen molar-refractivity contribution in [2.45, 2.75) is 45.5 Å². The molecule has 3 aromatic heterocycles. The van der Waals surface area contributed by atoms with Gasteiger partial charge in [0, 0.05) is 37.9 Å². The number of hydrogen-bond donors (Lipinski definition) is 7. The molecule has 17 nitrogen and oxygen atoms in total. The Morgan fingerprint density at radius 1 is 0.891 bits per heavy atom. The van der Waals surface area contributed by atoms with Crippen LogP contribution in [-0.4, -0.2) is 104 Å². The lowest BCUT2D eigenvalue weighted by Crippen LogP contribution is -2.28. The smallest absolute Gasteiger partial charge is 0.475 e. The van der Waals surface area contributed by atoms with E-state index >= 15 is 0 Å². The van der Waals surface area contributed by atoms with Gasteiger partial charge in [0.25, 0.3) is 17.7 Å². The van der Waals surface area contributed by atoms with Gasteiger partial charge >= 0.3 is 24.3 Å². The second-order valence-corrected chi connectivity index (χ2v) is 13.2. The van der Waals surface area contributed by atoms with Crippen molar-refractivity contribution in [3.05, 3.63) is 46.5 Å². The van der Waals surface area contributed by atoms with Gasteiger partial charge in [0.15, 0.2) is 11.1 Å². The van der Waals surface area contributed by atoms with Crippen molar-refractivity contribution in [1.82, 2.24) is 24.3 Å². The molecule has 3 aromatic rings. The molecule has 0 atom stereocenters. The molecule has 0 aliphatic carbocycles. The van der Waals surface area contributed by atoms with Gasteiger partial charge in [-0.05, 0) is 58.0 Å². The summed E-state index contributed by atoms with van der Waals surface area (Å²) in [5.41, 5.74) is 12.7. The van der Waals surface area contributed by atoms with Crippen molar-refractivity contribution in [1.29, 1.82) is 0 Å². The number of hydrogen-bond acceptors (Lipinski definition) is 9. The van der Waals surface area contributed by atoms with Gasteiger partial charge in [0.1, 0.15) is 17.1 Å². The molecule has 3 amide bonds. The Morgan fingerprint density at radius 3 is 1.89 bits per heavy atom. The first-order chi connectivity index (χ1) is 25.2. The minimum Gasteiger partial charge on any atom is -0.475 e. The molecule has 0 aliphatic heterocycles. The van der Waals surface area contributed by atoms with Crippen LogP contribution in [-0.2, 0) is 30.1 Å². The van der Waals surface area contributed by atoms with Crippen molar-refractivity contribution < 1.29 is 60.5 Å². The molecule has 0 spiro atoms. The number of anilines is 2. The molecule has 0 aromatic carbocycles. The van der Waals surface area contributed by atoms with Crippen LogP contribution in [0.5, 0.6) is 0 Å². The summed E-state index contributed by atoms with van der Waals surface area (Å²) in [7, 11) is 7.37. The zero-order valence-corrected chi connectivity index (χ0v) is 31.2. The highest BCUT2D eigenvalue weighted by molar-refractivity contribution is 7.16. The van der Waals surface area contributed by atoms with Gasteiger partial charge in [-0.15, -0.1) is 11.3 Å². The number of aromatic nitrogens is 3. The highest BCUT2D eigenvalue weighted by Crippen LogP contribution is 2.27. The number of halogens is 6. The lowest BCUT2D eigenvalue weighted by atomic mass is 10.1. The number of carboxylic acid groups (broad SMARTS) is 2. The van der Waals surface area contributed by atoms with Crippen LogP contribution in [0, 0.1) is 5.92 Å². The van der Waals surface area contributed by atoms with Crippen molar-refractivity contribution in [3.8, 4) is 0 Å². The predicted octanol–water partition coefficient (Wildman–Crippen LogP) is 3.77. The number of carboxylic acids is 2. The van der Waals surface area contributed by atoms with E-state index in [9.17, 15) is 40.7 Å². The van der Waals surface area contributed by atoms with Crippen LogP contribution in [0.1, 0.15) is 63.0 Å². The van der Waals surface area contributed by atoms with Crippen LogP contribution in [0.25, 0.3) is 0 Å². The van der Waals surface area contributed by atoms with Crippen LogP contribution < -0.4 is 27.4 Å². The standard InChI is InChI=1S/C27H40N10O3S.2C2HF3O2/c1-16(2)8-9-21-22(25(40)30-10-7-11-35(3)4)33-27(41-21)34-24(39)20-12-17(14-36(20)5)31-23(38)19-13-18(15-37(19)6)32-26(28)29;2*3-2(4,5)1(6)7/h12-16H,7-11H2,1-6H3,(H,30,40)(H,31,38)(H4,28,29,32)(H,33,34,39);2*(H,6,7). The molecule has 3 heterocycles. The number of guanidine groups is 1. The summed E-state index contributed by atoms with van der Waals surface area (Å²) < 4.78 is 66.7. The zero-order valence-electron chi connectivity index (χ0n) is 30.4. The van der Waals surface area contributed by atoms with Gasteiger partial charge in [0.05, 0.1) is 11.4 Å². The van der Waals surface area contributed by atoms with Gasteiger partial charge in [-0.1, -0.05) is 13.8 Å². The maximum Gasteiger partial charge on any atom is 0.490 e. The van der Waals surface area contributed by atoms with Crippen LogP contribution >= 0.6 is 11.3 Å². The molecule has 3 rings (SSSR count). The maximum atomic E-state index is 13.2. The number of nitrogens with one attached hydrogen (secondary N) is 3. The Morgan fingerprint density at radius 2 is 1.40 bits per heavy atom. The summed E-state index contributed by atoms with van der Waals surface area (Å²) >= 11 is 1.30. The largest absolute Gasteiger partial charge is 0.490 e. The number of amides is 3. The molecular formula is C31H42F6N10O7S. The minimum atomic E-state index is -5.08. The molecule has 306 valence electrons. The number of carbonyl (C=O) groups excluding carboxylic acids is 3. The number of aliphatic imine (C=N–C) groups is 1. The average molecular weight is 813 g/mol. The summed E-state index contributed by atoms with van der Waals surface area (Å²) in [5.74, 6) is -6.22. The molecule has 0 bridgehead atoms. The van der Waals surface area contributed by atoms with Gasteiger partial charge in [-0.3, -0.25) is 19.7 Å². The summed E-state index contributed by atoms with van der Waals surface area (Å²) in [6, 6.07) is 3.12. The second-order valence-electron chi connectivity index (χ2n) is 12.1. The normalized spacial score (nSPS) is 11.2. The Kier molecular flexibility index (Phi) is 17.8. The number of aliphatic carboxylic acids is 2. The summed E-state index contributed by atoms with van der Waals surface area (Å²) in [4.78, 5) is 68.1. The minimum absolute atomic E-state index is 0.110. The van der Waals surface area contributed by atoms with Gasteiger partial charge in [-0.2, -0.15) is 26.3 Å². The topological polar surface area (TPSA) is 252 Å². The summed E-state index contributed by atoms with van der Waals surface area (Å²) in [6.45, 7) is 5.65. The van der Waals surface area contributed by atoms with E-state index in [-0.39, 0.29) is 11.9 Å². The molecule has 0 radical (unpaired) electrons. The Labute approximate surface area is 314 Å². The third kappa shape index (κ3) is 16.9. The Hall–Kier alpha value is -5.65. The number of rotatable bonds is 13. The molecule has 9 N–H and O–H groups in total. The monoisotopic (exact) mass is 812 g/mol. The zero-order chi connectivity index (χ0) is 42.4. The first kappa shape index (κ1) is 47.4. The van der Waals surface area contributed by atoms with Crippen LogP contribution in [0.4, 0.5) is 42.8 Å². The summed E-state index contributed by atoms with van der Waals surface area (Å²) in [5, 5.41) is 23.1. The predicted molar refractivity (Wildman–Crippen MR) is 190 cm³/mol. The third-order valence-electron chi connectivity index (χ3n) is 6.61. The van der Waals surface area contributed by atoms with E-state index in [4.69, 9.17) is 31.3 Å². The third-order valence-corrected chi connectivity index (χ3v) is 7.64. The number of alkyl halides is 6. The lowest BCUT2D eigenvalue weighted by molar-refractivity contribution is -0.193. The second kappa shape index (κ2) is 20.7. The highest BCUT2D eigenvalue weighted by atomic mass is 32.1. The molecule has 24 heteroatoms. The van der Waals surface area contributed by atoms with Crippen LogP contribution in [0.3, 0.4) is 0 Å².